The molecule has 1 aromatic carbocycles. The van der Waals surface area contributed by atoms with Crippen LogP contribution >= 0.6 is 23.1 Å². The standard InChI is InChI=1S/C6H5BClS/c8-7-9-6-4-2-1-3-5-6/h1-5H. The predicted molar refractivity (Wildman–Crippen MR) is 43.9 cm³/mol. The summed E-state index contributed by atoms with van der Waals surface area (Å²) < 4.78 is 0. The minimum Gasteiger partial charge on any atom is -0.186 e. The molecule has 1 aromatic rings. The lowest BCUT2D eigenvalue weighted by molar-refractivity contribution is 1.48. The van der Waals surface area contributed by atoms with Gasteiger partial charge in [0.1, 0.15) is 0 Å². The second-order valence-corrected chi connectivity index (χ2v) is 2.94. The highest BCUT2D eigenvalue weighted by molar-refractivity contribution is 8.26. The molecule has 0 aliphatic carbocycles. The van der Waals surface area contributed by atoms with E-state index in [9.17, 15) is 0 Å². The van der Waals surface area contributed by atoms with Gasteiger partial charge in [0.05, 0.1) is 0 Å². The third-order valence-electron chi connectivity index (χ3n) is 0.924. The van der Waals surface area contributed by atoms with E-state index in [1.807, 2.05) is 30.3 Å². The molecule has 9 heavy (non-hydrogen) atoms. The van der Waals surface area contributed by atoms with Gasteiger partial charge in [-0.25, -0.2) is 0 Å². The van der Waals surface area contributed by atoms with Crippen LogP contribution in [0.2, 0.25) is 0 Å². The maximum absolute atomic E-state index is 5.37. The quantitative estimate of drug-likeness (QED) is 0.592. The van der Waals surface area contributed by atoms with Gasteiger partial charge < -0.3 is 0 Å². The van der Waals surface area contributed by atoms with Crippen molar-refractivity contribution in [1.29, 1.82) is 0 Å². The molecule has 0 saturated heterocycles. The Kier molecular flexibility index (Phi) is 3.02. The molecular weight excluding hydrogens is 150 g/mol. The summed E-state index contributed by atoms with van der Waals surface area (Å²) in [5, 5.41) is 0. The summed E-state index contributed by atoms with van der Waals surface area (Å²) in [6, 6.07) is 10.00. The first-order valence-corrected chi connectivity index (χ1v) is 3.88. The van der Waals surface area contributed by atoms with Crippen LogP contribution in [-0.2, 0) is 0 Å². The molecule has 0 N–H and O–H groups in total. The van der Waals surface area contributed by atoms with E-state index in [0.29, 0.717) is 0 Å². The average Bonchev–Trinajstić information content (AvgIpc) is 1.91. The molecule has 0 unspecified atom stereocenters. The lowest BCUT2D eigenvalue weighted by Gasteiger charge is -1.91. The third kappa shape index (κ3) is 2.33. The van der Waals surface area contributed by atoms with Gasteiger partial charge in [-0.2, -0.15) is 23.1 Å². The molecule has 0 saturated carbocycles. The van der Waals surface area contributed by atoms with Gasteiger partial charge in [0.25, 0.3) is 0 Å². The van der Waals surface area contributed by atoms with E-state index in [4.69, 9.17) is 11.5 Å². The number of benzene rings is 1. The molecule has 3 heteroatoms. The molecule has 0 spiro atoms. The molecule has 0 aliphatic rings. The van der Waals surface area contributed by atoms with E-state index < -0.39 is 0 Å². The molecule has 0 bridgehead atoms. The van der Waals surface area contributed by atoms with Gasteiger partial charge in [-0.1, -0.05) is 18.2 Å². The van der Waals surface area contributed by atoms with Gasteiger partial charge in [0, 0.05) is 0 Å². The van der Waals surface area contributed by atoms with Crippen molar-refractivity contribution in [2.75, 3.05) is 0 Å². The topological polar surface area (TPSA) is 0 Å². The van der Waals surface area contributed by atoms with Gasteiger partial charge in [-0.3, -0.25) is 0 Å². The van der Waals surface area contributed by atoms with E-state index in [-0.39, 0.29) is 0 Å². The van der Waals surface area contributed by atoms with Crippen LogP contribution in [0.1, 0.15) is 0 Å². The van der Waals surface area contributed by atoms with Crippen molar-refractivity contribution >= 4 is 29.0 Å². The number of hydrogen-bond acceptors (Lipinski definition) is 1. The molecule has 0 nitrogen and oxygen atoms in total. The fourth-order valence-corrected chi connectivity index (χ4v) is 1.28. The SMILES string of the molecule is Cl[B]Sc1ccccc1. The average molecular weight is 155 g/mol. The van der Waals surface area contributed by atoms with Crippen molar-refractivity contribution in [2.24, 2.45) is 0 Å². The molecule has 0 fully saturated rings. The second-order valence-electron chi connectivity index (χ2n) is 1.52. The summed E-state index contributed by atoms with van der Waals surface area (Å²) in [5.74, 6) is 1.55. The van der Waals surface area contributed by atoms with Gasteiger partial charge in [-0.15, -0.1) is 0 Å². The Balaban J connectivity index is 2.61. The predicted octanol–water partition coefficient (Wildman–Crippen LogP) is 2.55. The first-order valence-electron chi connectivity index (χ1n) is 2.57. The second kappa shape index (κ2) is 3.86. The van der Waals surface area contributed by atoms with Crippen LogP contribution in [0, 0.1) is 0 Å². The number of hydrogen-bond donors (Lipinski definition) is 0. The molecule has 1 rings (SSSR count). The zero-order chi connectivity index (χ0) is 6.53. The van der Waals surface area contributed by atoms with E-state index >= 15 is 0 Å². The smallest absolute Gasteiger partial charge is 0.186 e. The van der Waals surface area contributed by atoms with Crippen LogP contribution in [0.3, 0.4) is 0 Å². The highest BCUT2D eigenvalue weighted by atomic mass is 35.5. The summed E-state index contributed by atoms with van der Waals surface area (Å²) in [7, 11) is 0. The first-order chi connectivity index (χ1) is 4.43. The summed E-state index contributed by atoms with van der Waals surface area (Å²) in [6.07, 6.45) is 0. The summed E-state index contributed by atoms with van der Waals surface area (Å²) in [4.78, 5) is 1.17. The van der Waals surface area contributed by atoms with Crippen molar-refractivity contribution in [1.82, 2.24) is 0 Å². The lowest BCUT2D eigenvalue weighted by atomic mass is 10.4. The van der Waals surface area contributed by atoms with Gasteiger partial charge in [0.15, 0.2) is 0 Å². The van der Waals surface area contributed by atoms with Crippen LogP contribution in [0.5, 0.6) is 0 Å². The van der Waals surface area contributed by atoms with E-state index in [1.54, 1.807) is 5.97 Å². The number of halogens is 1. The Morgan fingerprint density at radius 1 is 1.22 bits per heavy atom. The van der Waals surface area contributed by atoms with E-state index in [0.717, 1.165) is 0 Å². The van der Waals surface area contributed by atoms with E-state index in [2.05, 4.69) is 0 Å². The maximum Gasteiger partial charge on any atom is 0.319 e. The Bertz CT molecular complexity index is 166. The van der Waals surface area contributed by atoms with Crippen molar-refractivity contribution in [2.45, 2.75) is 4.90 Å². The first kappa shape index (κ1) is 7.04. The Labute approximate surface area is 64.7 Å². The maximum atomic E-state index is 5.37. The van der Waals surface area contributed by atoms with Gasteiger partial charge in [-0.05, 0) is 17.0 Å². The Morgan fingerprint density at radius 3 is 2.44 bits per heavy atom. The van der Waals surface area contributed by atoms with Gasteiger partial charge >= 0.3 is 5.97 Å². The molecule has 0 aromatic heterocycles. The monoisotopic (exact) mass is 155 g/mol. The van der Waals surface area contributed by atoms with Crippen LogP contribution < -0.4 is 0 Å². The van der Waals surface area contributed by atoms with Crippen molar-refractivity contribution in [3.8, 4) is 0 Å². The minimum atomic E-state index is 1.17. The molecule has 0 heterocycles. The molecule has 0 amide bonds. The summed E-state index contributed by atoms with van der Waals surface area (Å²) in [6.45, 7) is 0. The fourth-order valence-electron chi connectivity index (χ4n) is 0.550. The van der Waals surface area contributed by atoms with Crippen LogP contribution in [0.15, 0.2) is 35.2 Å². The van der Waals surface area contributed by atoms with Crippen LogP contribution in [0.25, 0.3) is 0 Å². The van der Waals surface area contributed by atoms with Crippen molar-refractivity contribution in [3.63, 3.8) is 0 Å². The van der Waals surface area contributed by atoms with Crippen LogP contribution in [0.4, 0.5) is 0 Å². The Morgan fingerprint density at radius 2 is 1.89 bits per heavy atom. The largest absolute Gasteiger partial charge is 0.319 e. The normalized spacial score (nSPS) is 9.00. The van der Waals surface area contributed by atoms with Crippen LogP contribution in [-0.4, -0.2) is 5.97 Å². The zero-order valence-corrected chi connectivity index (χ0v) is 6.32. The Hall–Kier alpha value is -0.0751. The molecular formula is C6H5BClS. The molecule has 0 atom stereocenters. The highest BCUT2D eigenvalue weighted by Gasteiger charge is 1.88. The van der Waals surface area contributed by atoms with E-state index in [1.165, 1.54) is 16.5 Å². The van der Waals surface area contributed by atoms with Crippen molar-refractivity contribution in [3.05, 3.63) is 30.3 Å². The summed E-state index contributed by atoms with van der Waals surface area (Å²) in [5.41, 5.74) is 0. The lowest BCUT2D eigenvalue weighted by Crippen LogP contribution is -1.69. The summed E-state index contributed by atoms with van der Waals surface area (Å²) >= 11 is 6.89. The molecule has 1 radical (unpaired) electrons. The van der Waals surface area contributed by atoms with Gasteiger partial charge in [0.2, 0.25) is 0 Å². The highest BCUT2D eigenvalue weighted by Crippen LogP contribution is 2.15. The fraction of sp³-hybridized carbons (Fsp3) is 0. The van der Waals surface area contributed by atoms with Crippen molar-refractivity contribution < 1.29 is 0 Å². The third-order valence-corrected chi connectivity index (χ3v) is 1.82. The number of rotatable bonds is 2. The minimum absolute atomic E-state index is 1.17. The molecule has 0 aliphatic heterocycles. The zero-order valence-electron chi connectivity index (χ0n) is 4.75. The molecule has 45 valence electrons.